The number of hydrogen-bond donors (Lipinski definition) is 0. The Hall–Kier alpha value is -3.89. The standard InChI is InChI=1S/C27H25N5OS/c1-20-14-16-24(17-15-20)32-25(22-10-5-3-6-11-22)29-30-27(32)34-21(2)26(33)31(19-9-18-28)23-12-7-4-8-13-23/h3-8,10-17,21H,9,19H2,1-2H3. The molecule has 6 nitrogen and oxygen atoms in total. The topological polar surface area (TPSA) is 74.8 Å². The van der Waals surface area contributed by atoms with Gasteiger partial charge in [0.15, 0.2) is 11.0 Å². The summed E-state index contributed by atoms with van der Waals surface area (Å²) in [7, 11) is 0. The van der Waals surface area contributed by atoms with Crippen molar-refractivity contribution in [2.45, 2.75) is 30.7 Å². The van der Waals surface area contributed by atoms with Gasteiger partial charge in [0.1, 0.15) is 0 Å². The lowest BCUT2D eigenvalue weighted by molar-refractivity contribution is -0.117. The second kappa shape index (κ2) is 10.8. The molecule has 4 aromatic rings. The van der Waals surface area contributed by atoms with Crippen molar-refractivity contribution in [1.29, 1.82) is 5.26 Å². The SMILES string of the molecule is Cc1ccc(-n2c(SC(C)C(=O)N(CCC#N)c3ccccc3)nnc2-c2ccccc2)cc1. The maximum absolute atomic E-state index is 13.5. The van der Waals surface area contributed by atoms with E-state index in [9.17, 15) is 4.79 Å². The van der Waals surface area contributed by atoms with Crippen LogP contribution >= 0.6 is 11.8 Å². The Bertz CT molecular complexity index is 1280. The molecule has 0 spiro atoms. The van der Waals surface area contributed by atoms with Crippen molar-refractivity contribution in [2.75, 3.05) is 11.4 Å². The van der Waals surface area contributed by atoms with E-state index in [0.717, 1.165) is 28.3 Å². The van der Waals surface area contributed by atoms with Crippen LogP contribution in [0.5, 0.6) is 0 Å². The number of nitriles is 1. The molecule has 1 heterocycles. The van der Waals surface area contributed by atoms with E-state index >= 15 is 0 Å². The van der Waals surface area contributed by atoms with Gasteiger partial charge in [-0.15, -0.1) is 10.2 Å². The molecule has 170 valence electrons. The first-order valence-electron chi connectivity index (χ1n) is 11.1. The van der Waals surface area contributed by atoms with Crippen LogP contribution in [-0.4, -0.2) is 32.5 Å². The van der Waals surface area contributed by atoms with Crippen molar-refractivity contribution in [3.63, 3.8) is 0 Å². The van der Waals surface area contributed by atoms with E-state index in [4.69, 9.17) is 5.26 Å². The van der Waals surface area contributed by atoms with Gasteiger partial charge in [-0.05, 0) is 38.1 Å². The van der Waals surface area contributed by atoms with Crippen molar-refractivity contribution in [3.8, 4) is 23.1 Å². The van der Waals surface area contributed by atoms with Crippen molar-refractivity contribution in [1.82, 2.24) is 14.8 Å². The smallest absolute Gasteiger partial charge is 0.240 e. The summed E-state index contributed by atoms with van der Waals surface area (Å²) in [4.78, 5) is 15.1. The third-order valence-electron chi connectivity index (χ3n) is 5.37. The third kappa shape index (κ3) is 5.19. The highest BCUT2D eigenvalue weighted by Crippen LogP contribution is 2.31. The molecule has 1 aromatic heterocycles. The maximum Gasteiger partial charge on any atom is 0.240 e. The van der Waals surface area contributed by atoms with Gasteiger partial charge in [-0.25, -0.2) is 0 Å². The minimum absolute atomic E-state index is 0.0776. The summed E-state index contributed by atoms with van der Waals surface area (Å²) in [6, 6.07) is 29.6. The van der Waals surface area contributed by atoms with Crippen LogP contribution in [0.2, 0.25) is 0 Å². The number of amides is 1. The highest BCUT2D eigenvalue weighted by atomic mass is 32.2. The minimum Gasteiger partial charge on any atom is -0.310 e. The van der Waals surface area contributed by atoms with Crippen molar-refractivity contribution < 1.29 is 4.79 Å². The van der Waals surface area contributed by atoms with Gasteiger partial charge < -0.3 is 4.90 Å². The molecule has 34 heavy (non-hydrogen) atoms. The summed E-state index contributed by atoms with van der Waals surface area (Å²) in [6.45, 7) is 4.25. The zero-order valence-corrected chi connectivity index (χ0v) is 19.9. The fourth-order valence-corrected chi connectivity index (χ4v) is 4.54. The van der Waals surface area contributed by atoms with Crippen LogP contribution in [0.25, 0.3) is 17.1 Å². The van der Waals surface area contributed by atoms with Gasteiger partial charge in [0.25, 0.3) is 0 Å². The Balaban J connectivity index is 1.67. The van der Waals surface area contributed by atoms with Crippen LogP contribution in [-0.2, 0) is 4.79 Å². The lowest BCUT2D eigenvalue weighted by Gasteiger charge is -2.25. The largest absolute Gasteiger partial charge is 0.310 e. The first-order chi connectivity index (χ1) is 16.6. The van der Waals surface area contributed by atoms with E-state index in [1.54, 1.807) is 4.90 Å². The number of aryl methyl sites for hydroxylation is 1. The molecular weight excluding hydrogens is 442 g/mol. The Morgan fingerprint density at radius 1 is 1.00 bits per heavy atom. The van der Waals surface area contributed by atoms with E-state index < -0.39 is 5.25 Å². The summed E-state index contributed by atoms with van der Waals surface area (Å²) >= 11 is 1.36. The van der Waals surface area contributed by atoms with Gasteiger partial charge in [-0.3, -0.25) is 9.36 Å². The number of para-hydroxylation sites is 1. The highest BCUT2D eigenvalue weighted by molar-refractivity contribution is 8.00. The first-order valence-corrected chi connectivity index (χ1v) is 11.9. The average molecular weight is 468 g/mol. The van der Waals surface area contributed by atoms with E-state index in [1.165, 1.54) is 11.8 Å². The second-order valence-corrected chi connectivity index (χ2v) is 9.14. The molecule has 0 saturated carbocycles. The lowest BCUT2D eigenvalue weighted by atomic mass is 10.2. The van der Waals surface area contributed by atoms with Gasteiger partial charge in [0.2, 0.25) is 5.91 Å². The van der Waals surface area contributed by atoms with Crippen LogP contribution in [0.15, 0.2) is 90.1 Å². The molecule has 3 aromatic carbocycles. The number of hydrogen-bond acceptors (Lipinski definition) is 5. The van der Waals surface area contributed by atoms with Gasteiger partial charge in [0.05, 0.1) is 17.7 Å². The van der Waals surface area contributed by atoms with Crippen molar-refractivity contribution in [3.05, 3.63) is 90.5 Å². The highest BCUT2D eigenvalue weighted by Gasteiger charge is 2.26. The van der Waals surface area contributed by atoms with E-state index in [2.05, 4.69) is 16.3 Å². The molecule has 0 aliphatic rings. The summed E-state index contributed by atoms with van der Waals surface area (Å²) in [6.07, 6.45) is 0.260. The predicted molar refractivity (Wildman–Crippen MR) is 136 cm³/mol. The van der Waals surface area contributed by atoms with Crippen LogP contribution in [0, 0.1) is 18.3 Å². The molecular formula is C27H25N5OS. The van der Waals surface area contributed by atoms with Gasteiger partial charge in [0, 0.05) is 23.5 Å². The number of nitrogens with zero attached hydrogens (tertiary/aromatic N) is 5. The quantitative estimate of drug-likeness (QED) is 0.312. The molecule has 4 rings (SSSR count). The number of benzene rings is 3. The first kappa shape index (κ1) is 23.3. The number of aromatic nitrogens is 3. The van der Waals surface area contributed by atoms with E-state index in [1.807, 2.05) is 103 Å². The number of thioether (sulfide) groups is 1. The van der Waals surface area contributed by atoms with E-state index in [0.29, 0.717) is 11.7 Å². The fourth-order valence-electron chi connectivity index (χ4n) is 3.61. The van der Waals surface area contributed by atoms with Crippen LogP contribution in [0.4, 0.5) is 5.69 Å². The van der Waals surface area contributed by atoms with Gasteiger partial charge >= 0.3 is 0 Å². The minimum atomic E-state index is -0.434. The Kier molecular flexibility index (Phi) is 7.41. The van der Waals surface area contributed by atoms with Gasteiger partial charge in [-0.1, -0.05) is 78.0 Å². The Labute approximate surface area is 203 Å². The summed E-state index contributed by atoms with van der Waals surface area (Å²) in [5, 5.41) is 18.2. The molecule has 0 aliphatic carbocycles. The summed E-state index contributed by atoms with van der Waals surface area (Å²) in [5.74, 6) is 0.641. The fraction of sp³-hybridized carbons (Fsp3) is 0.185. The Morgan fingerprint density at radius 2 is 1.65 bits per heavy atom. The van der Waals surface area contributed by atoms with Gasteiger partial charge in [-0.2, -0.15) is 5.26 Å². The maximum atomic E-state index is 13.5. The third-order valence-corrected chi connectivity index (χ3v) is 6.40. The monoisotopic (exact) mass is 467 g/mol. The number of carbonyl (C=O) groups is 1. The molecule has 0 N–H and O–H groups in total. The second-order valence-electron chi connectivity index (χ2n) is 7.84. The normalized spacial score (nSPS) is 11.6. The predicted octanol–water partition coefficient (Wildman–Crippen LogP) is 5.67. The molecule has 0 radical (unpaired) electrons. The van der Waals surface area contributed by atoms with Crippen molar-refractivity contribution in [2.24, 2.45) is 0 Å². The average Bonchev–Trinajstić information content (AvgIpc) is 3.29. The molecule has 1 amide bonds. The van der Waals surface area contributed by atoms with Crippen LogP contribution < -0.4 is 4.90 Å². The number of anilines is 1. The molecule has 1 atom stereocenters. The molecule has 0 saturated heterocycles. The van der Waals surface area contributed by atoms with Crippen molar-refractivity contribution >= 4 is 23.4 Å². The number of carbonyl (C=O) groups excluding carboxylic acids is 1. The molecule has 7 heteroatoms. The molecule has 0 aliphatic heterocycles. The lowest BCUT2D eigenvalue weighted by Crippen LogP contribution is -2.37. The zero-order valence-electron chi connectivity index (χ0n) is 19.1. The number of rotatable bonds is 8. The van der Waals surface area contributed by atoms with Crippen LogP contribution in [0.3, 0.4) is 0 Å². The summed E-state index contributed by atoms with van der Waals surface area (Å²) in [5.41, 5.74) is 3.81. The molecule has 1 unspecified atom stereocenters. The molecule has 0 bridgehead atoms. The van der Waals surface area contributed by atoms with E-state index in [-0.39, 0.29) is 12.3 Å². The summed E-state index contributed by atoms with van der Waals surface area (Å²) < 4.78 is 1.99. The molecule has 0 fully saturated rings. The van der Waals surface area contributed by atoms with Crippen LogP contribution in [0.1, 0.15) is 18.9 Å². The Morgan fingerprint density at radius 3 is 2.29 bits per heavy atom. The zero-order chi connectivity index (χ0) is 23.9.